The van der Waals surface area contributed by atoms with Gasteiger partial charge in [-0.05, 0) is 31.2 Å². The van der Waals surface area contributed by atoms with Crippen LogP contribution in [0.1, 0.15) is 25.5 Å². The topological polar surface area (TPSA) is 314 Å². The van der Waals surface area contributed by atoms with Gasteiger partial charge in [-0.2, -0.15) is 0 Å². The summed E-state index contributed by atoms with van der Waals surface area (Å²) >= 11 is 0. The minimum absolute atomic E-state index is 0.0216. The molecular weight excluding hydrogens is 752 g/mol. The van der Waals surface area contributed by atoms with E-state index in [0.29, 0.717) is 5.56 Å². The van der Waals surface area contributed by atoms with E-state index in [1.54, 1.807) is 0 Å². The van der Waals surface area contributed by atoms with E-state index >= 15 is 0 Å². The van der Waals surface area contributed by atoms with Crippen molar-refractivity contribution in [1.82, 2.24) is 0 Å². The number of aromatic hydroxyl groups is 1. The minimum Gasteiger partial charge on any atom is -0.506 e. The lowest BCUT2D eigenvalue weighted by Gasteiger charge is -2.46. The Hall–Kier alpha value is -4.00. The number of ether oxygens (including phenoxy) is 7. The monoisotopic (exact) mass is 796 g/mol. The summed E-state index contributed by atoms with van der Waals surface area (Å²) in [5.74, 6) is -1.49. The first-order chi connectivity index (χ1) is 26.6. The summed E-state index contributed by atoms with van der Waals surface area (Å²) in [6.45, 7) is 1.08. The van der Waals surface area contributed by atoms with E-state index in [4.69, 9.17) is 37.6 Å². The van der Waals surface area contributed by atoms with Gasteiger partial charge in [-0.1, -0.05) is 0 Å². The highest BCUT2D eigenvalue weighted by molar-refractivity contribution is 5.88. The van der Waals surface area contributed by atoms with E-state index in [2.05, 4.69) is 0 Å². The Morgan fingerprint density at radius 1 is 0.768 bits per heavy atom. The fraction of sp³-hybridized carbons (Fsp3) is 0.556. The van der Waals surface area contributed by atoms with Crippen LogP contribution in [0.5, 0.6) is 17.2 Å². The molecule has 6 rings (SSSR count). The molecule has 4 heterocycles. The molecule has 0 amide bonds. The molecule has 3 aliphatic heterocycles. The molecule has 20 heteroatoms. The molecule has 0 saturated carbocycles. The SMILES string of the molecule is COc1cc2oc(-c3ccc(O[C@@H]4O[C@H](CO)[C@@H](O)[C@H](O)[C@H]4O)cc3)cc(=O)c2c(O)c1[C@@H]1O[C@H](CO)[C@@H](O)[C@H](O)[C@H]1O[C@@H]1O[C@@H](C)[C@H](OC(C)=O)[C@@H](O)[C@H]1O. The largest absolute Gasteiger partial charge is 0.506 e. The molecule has 0 aliphatic carbocycles. The van der Waals surface area contributed by atoms with Gasteiger partial charge in [-0.3, -0.25) is 9.59 Å². The number of carbonyl (C=O) groups excluding carboxylic acids is 1. The van der Waals surface area contributed by atoms with Crippen molar-refractivity contribution in [1.29, 1.82) is 0 Å². The fourth-order valence-corrected chi connectivity index (χ4v) is 6.98. The molecule has 3 fully saturated rings. The zero-order valence-corrected chi connectivity index (χ0v) is 30.1. The van der Waals surface area contributed by atoms with Gasteiger partial charge in [0.25, 0.3) is 0 Å². The predicted molar refractivity (Wildman–Crippen MR) is 184 cm³/mol. The predicted octanol–water partition coefficient (Wildman–Crippen LogP) is -2.71. The number of fused-ring (bicyclic) bond motifs is 1. The van der Waals surface area contributed by atoms with E-state index in [0.717, 1.165) is 13.0 Å². The summed E-state index contributed by atoms with van der Waals surface area (Å²) in [5.41, 5.74) is -0.852. The van der Waals surface area contributed by atoms with Crippen molar-refractivity contribution in [2.75, 3.05) is 20.3 Å². The highest BCUT2D eigenvalue weighted by Gasteiger charge is 2.52. The van der Waals surface area contributed by atoms with Crippen LogP contribution in [0.3, 0.4) is 0 Å². The van der Waals surface area contributed by atoms with Crippen LogP contribution < -0.4 is 14.9 Å². The van der Waals surface area contributed by atoms with E-state index in [9.17, 15) is 60.7 Å². The second-order valence-corrected chi connectivity index (χ2v) is 13.7. The first-order valence-electron chi connectivity index (χ1n) is 17.5. The van der Waals surface area contributed by atoms with Crippen molar-refractivity contribution in [3.05, 3.63) is 52.2 Å². The van der Waals surface area contributed by atoms with Gasteiger partial charge in [-0.15, -0.1) is 0 Å². The maximum Gasteiger partial charge on any atom is 0.303 e. The van der Waals surface area contributed by atoms with Gasteiger partial charge in [0, 0.05) is 24.6 Å². The Kier molecular flexibility index (Phi) is 12.5. The lowest BCUT2D eigenvalue weighted by Crippen LogP contribution is -2.62. The number of aliphatic hydroxyl groups excluding tert-OH is 9. The molecule has 0 bridgehead atoms. The van der Waals surface area contributed by atoms with Gasteiger partial charge < -0.3 is 88.6 Å². The number of esters is 1. The third-order valence-electron chi connectivity index (χ3n) is 9.98. The number of benzene rings is 2. The first kappa shape index (κ1) is 41.6. The molecule has 10 N–H and O–H groups in total. The van der Waals surface area contributed by atoms with Gasteiger partial charge in [0.15, 0.2) is 17.8 Å². The molecular formula is C36H44O20. The number of methoxy groups -OCH3 is 1. The molecule has 2 aromatic carbocycles. The summed E-state index contributed by atoms with van der Waals surface area (Å²) in [4.78, 5) is 25.2. The van der Waals surface area contributed by atoms with Crippen molar-refractivity contribution >= 4 is 16.9 Å². The Bertz CT molecular complexity index is 1900. The fourth-order valence-electron chi connectivity index (χ4n) is 6.98. The van der Waals surface area contributed by atoms with E-state index in [1.807, 2.05) is 0 Å². The summed E-state index contributed by atoms with van der Waals surface area (Å²) in [6.07, 6.45) is -23.6. The third kappa shape index (κ3) is 7.81. The molecule has 3 aromatic rings. The molecule has 0 radical (unpaired) electrons. The average Bonchev–Trinajstić information content (AvgIpc) is 3.17. The van der Waals surface area contributed by atoms with Gasteiger partial charge >= 0.3 is 5.97 Å². The van der Waals surface area contributed by atoms with Gasteiger partial charge in [-0.25, -0.2) is 0 Å². The molecule has 0 spiro atoms. The number of phenols is 1. The first-order valence-corrected chi connectivity index (χ1v) is 17.5. The van der Waals surface area contributed by atoms with Crippen molar-refractivity contribution < 1.29 is 93.4 Å². The maximum atomic E-state index is 13.7. The number of phenolic OH excluding ortho intramolecular Hbond substituents is 1. The van der Waals surface area contributed by atoms with E-state index < -0.39 is 122 Å². The summed E-state index contributed by atoms with van der Waals surface area (Å²) in [5, 5.41) is 105. The number of aliphatic hydroxyl groups is 9. The van der Waals surface area contributed by atoms with E-state index in [-0.39, 0.29) is 33.8 Å². The second kappa shape index (κ2) is 16.8. The van der Waals surface area contributed by atoms with Crippen LogP contribution in [0.4, 0.5) is 0 Å². The smallest absolute Gasteiger partial charge is 0.303 e. The summed E-state index contributed by atoms with van der Waals surface area (Å²) < 4.78 is 45.1. The molecule has 0 unspecified atom stereocenters. The van der Waals surface area contributed by atoms with Crippen molar-refractivity contribution in [2.24, 2.45) is 0 Å². The number of hydrogen-bond donors (Lipinski definition) is 10. The second-order valence-electron chi connectivity index (χ2n) is 13.7. The molecule has 20 nitrogen and oxygen atoms in total. The van der Waals surface area contributed by atoms with Crippen LogP contribution in [0, 0.1) is 0 Å². The lowest BCUT2D eigenvalue weighted by molar-refractivity contribution is -0.338. The van der Waals surface area contributed by atoms with Crippen LogP contribution in [-0.4, -0.2) is 163 Å². The zero-order chi connectivity index (χ0) is 40.7. The Balaban J connectivity index is 1.31. The van der Waals surface area contributed by atoms with Crippen LogP contribution in [0.25, 0.3) is 22.3 Å². The van der Waals surface area contributed by atoms with Crippen LogP contribution in [0.15, 0.2) is 45.6 Å². The number of rotatable bonds is 10. The number of carbonyl (C=O) groups is 1. The van der Waals surface area contributed by atoms with Crippen LogP contribution in [0.2, 0.25) is 0 Å². The minimum atomic E-state index is -1.88. The molecule has 308 valence electrons. The van der Waals surface area contributed by atoms with Gasteiger partial charge in [0.05, 0.1) is 32.0 Å². The molecule has 15 atom stereocenters. The van der Waals surface area contributed by atoms with Gasteiger partial charge in [0.2, 0.25) is 6.29 Å². The highest BCUT2D eigenvalue weighted by Crippen LogP contribution is 2.47. The Labute approximate surface area is 317 Å². The average molecular weight is 797 g/mol. The molecule has 1 aromatic heterocycles. The standard InChI is InChI=1S/C36H44O20/c1-12-32(51-13(2)39)29(46)31(48)35(50-12)56-34-28(45)25(42)20(10-37)54-33(34)23-18(49-3)9-19-22(26(23)43)16(40)8-17(53-19)14-4-6-15(7-5-14)52-36-30(47)27(44)24(41)21(11-38)55-36/h4-9,12,20-21,24-25,27-38,41-48H,10-11H2,1-3H3/t12-,20+,21+,24+,25+,27-,28-,29-,30+,31+,32-,33-,34+,35-,36+/m0/s1. The zero-order valence-electron chi connectivity index (χ0n) is 30.1. The van der Waals surface area contributed by atoms with Crippen molar-refractivity contribution in [3.63, 3.8) is 0 Å². The van der Waals surface area contributed by atoms with Crippen molar-refractivity contribution in [2.45, 2.75) is 106 Å². The molecule has 56 heavy (non-hydrogen) atoms. The van der Waals surface area contributed by atoms with Crippen LogP contribution in [-0.2, 0) is 28.5 Å². The van der Waals surface area contributed by atoms with Crippen LogP contribution >= 0.6 is 0 Å². The quantitative estimate of drug-likeness (QED) is 0.0933. The Morgan fingerprint density at radius 2 is 1.38 bits per heavy atom. The van der Waals surface area contributed by atoms with Gasteiger partial charge in [0.1, 0.15) is 101 Å². The Morgan fingerprint density at radius 3 is 2.00 bits per heavy atom. The lowest BCUT2D eigenvalue weighted by atomic mass is 9.89. The molecule has 3 aliphatic rings. The number of hydrogen-bond acceptors (Lipinski definition) is 20. The normalized spacial score (nSPS) is 36.2. The molecule has 3 saturated heterocycles. The summed E-state index contributed by atoms with van der Waals surface area (Å²) in [7, 11) is 1.22. The van der Waals surface area contributed by atoms with E-state index in [1.165, 1.54) is 44.4 Å². The summed E-state index contributed by atoms with van der Waals surface area (Å²) in [6, 6.07) is 8.17. The van der Waals surface area contributed by atoms with Crippen molar-refractivity contribution in [3.8, 4) is 28.6 Å². The third-order valence-corrected chi connectivity index (χ3v) is 9.98. The highest BCUT2D eigenvalue weighted by atomic mass is 16.7. The maximum absolute atomic E-state index is 13.7.